The minimum absolute atomic E-state index is 0.00969. The first kappa shape index (κ1) is 15.3. The molecule has 0 bridgehead atoms. The molecule has 0 heterocycles. The van der Waals surface area contributed by atoms with Crippen LogP contribution < -0.4 is 15.2 Å². The van der Waals surface area contributed by atoms with E-state index < -0.39 is 0 Å². The largest absolute Gasteiger partial charge is 0.497 e. The summed E-state index contributed by atoms with van der Waals surface area (Å²) in [7, 11) is 1.62. The van der Waals surface area contributed by atoms with E-state index in [9.17, 15) is 4.39 Å². The van der Waals surface area contributed by atoms with Crippen molar-refractivity contribution in [2.24, 2.45) is 5.73 Å². The van der Waals surface area contributed by atoms with Crippen molar-refractivity contribution in [1.29, 1.82) is 0 Å². The van der Waals surface area contributed by atoms with Gasteiger partial charge in [-0.2, -0.15) is 0 Å². The topological polar surface area (TPSA) is 44.5 Å². The highest BCUT2D eigenvalue weighted by Gasteiger charge is 2.06. The van der Waals surface area contributed by atoms with E-state index in [0.29, 0.717) is 13.0 Å². The van der Waals surface area contributed by atoms with E-state index in [-0.39, 0.29) is 17.6 Å². The van der Waals surface area contributed by atoms with Crippen LogP contribution in [-0.2, 0) is 13.0 Å². The molecule has 0 spiro atoms. The molecule has 0 amide bonds. The Morgan fingerprint density at radius 2 is 1.76 bits per heavy atom. The van der Waals surface area contributed by atoms with Gasteiger partial charge in [0.05, 0.1) is 7.11 Å². The van der Waals surface area contributed by atoms with Gasteiger partial charge in [-0.3, -0.25) is 0 Å². The highest BCUT2D eigenvalue weighted by atomic mass is 19.1. The molecule has 0 aliphatic rings. The van der Waals surface area contributed by atoms with Crippen LogP contribution in [0.25, 0.3) is 0 Å². The summed E-state index contributed by atoms with van der Waals surface area (Å²) in [4.78, 5) is 0. The standard InChI is InChI=1S/C17H20FNO2/c1-12(19)9-14-5-8-17(16(18)10-14)21-11-13-3-6-15(20-2)7-4-13/h3-8,10,12H,9,11,19H2,1-2H3. The maximum Gasteiger partial charge on any atom is 0.165 e. The first-order chi connectivity index (χ1) is 10.1. The van der Waals surface area contributed by atoms with Gasteiger partial charge in [-0.05, 0) is 48.7 Å². The van der Waals surface area contributed by atoms with Crippen molar-refractivity contribution in [3.05, 3.63) is 59.4 Å². The Balaban J connectivity index is 1.99. The van der Waals surface area contributed by atoms with Crippen molar-refractivity contribution < 1.29 is 13.9 Å². The second-order valence-electron chi connectivity index (χ2n) is 5.08. The highest BCUT2D eigenvalue weighted by Crippen LogP contribution is 2.21. The molecule has 21 heavy (non-hydrogen) atoms. The normalized spacial score (nSPS) is 12.0. The molecule has 0 radical (unpaired) electrons. The van der Waals surface area contributed by atoms with E-state index in [1.54, 1.807) is 13.2 Å². The Morgan fingerprint density at radius 1 is 1.10 bits per heavy atom. The first-order valence-electron chi connectivity index (χ1n) is 6.88. The van der Waals surface area contributed by atoms with Gasteiger partial charge in [-0.25, -0.2) is 4.39 Å². The van der Waals surface area contributed by atoms with Crippen LogP contribution in [0, 0.1) is 5.82 Å². The second kappa shape index (κ2) is 7.09. The minimum atomic E-state index is -0.360. The average molecular weight is 289 g/mol. The molecule has 112 valence electrons. The highest BCUT2D eigenvalue weighted by molar-refractivity contribution is 5.31. The molecule has 0 aromatic heterocycles. The lowest BCUT2D eigenvalue weighted by atomic mass is 10.1. The Bertz CT molecular complexity index is 582. The zero-order chi connectivity index (χ0) is 15.2. The van der Waals surface area contributed by atoms with E-state index in [1.807, 2.05) is 37.3 Å². The summed E-state index contributed by atoms with van der Waals surface area (Å²) < 4.78 is 24.5. The van der Waals surface area contributed by atoms with Crippen molar-refractivity contribution in [3.8, 4) is 11.5 Å². The van der Waals surface area contributed by atoms with Gasteiger partial charge in [-0.15, -0.1) is 0 Å². The fourth-order valence-corrected chi connectivity index (χ4v) is 2.04. The Labute approximate surface area is 124 Å². The van der Waals surface area contributed by atoms with E-state index in [0.717, 1.165) is 16.9 Å². The Kier molecular flexibility index (Phi) is 5.17. The predicted octanol–water partition coefficient (Wildman–Crippen LogP) is 3.30. The quantitative estimate of drug-likeness (QED) is 0.887. The minimum Gasteiger partial charge on any atom is -0.497 e. The molecule has 0 saturated heterocycles. The van der Waals surface area contributed by atoms with Crippen LogP contribution in [0.5, 0.6) is 11.5 Å². The Hall–Kier alpha value is -2.07. The third-order valence-corrected chi connectivity index (χ3v) is 3.11. The van der Waals surface area contributed by atoms with Gasteiger partial charge < -0.3 is 15.2 Å². The van der Waals surface area contributed by atoms with Crippen molar-refractivity contribution in [3.63, 3.8) is 0 Å². The molecule has 2 aromatic rings. The fraction of sp³-hybridized carbons (Fsp3) is 0.294. The number of ether oxygens (including phenoxy) is 2. The monoisotopic (exact) mass is 289 g/mol. The molecule has 0 aliphatic carbocycles. The van der Waals surface area contributed by atoms with Crippen LogP contribution in [-0.4, -0.2) is 13.2 Å². The van der Waals surface area contributed by atoms with Crippen LogP contribution in [0.2, 0.25) is 0 Å². The molecule has 1 unspecified atom stereocenters. The summed E-state index contributed by atoms with van der Waals surface area (Å²) in [6.45, 7) is 2.21. The lowest BCUT2D eigenvalue weighted by Gasteiger charge is -2.10. The molecule has 1 atom stereocenters. The lowest BCUT2D eigenvalue weighted by molar-refractivity contribution is 0.290. The van der Waals surface area contributed by atoms with E-state index >= 15 is 0 Å². The number of halogens is 1. The van der Waals surface area contributed by atoms with Gasteiger partial charge in [0.2, 0.25) is 0 Å². The number of nitrogens with two attached hydrogens (primary N) is 1. The summed E-state index contributed by atoms with van der Waals surface area (Å²) in [5.41, 5.74) is 7.53. The number of benzene rings is 2. The van der Waals surface area contributed by atoms with Gasteiger partial charge in [-0.1, -0.05) is 18.2 Å². The third-order valence-electron chi connectivity index (χ3n) is 3.11. The summed E-state index contributed by atoms with van der Waals surface area (Å²) in [5.74, 6) is 0.672. The van der Waals surface area contributed by atoms with E-state index in [1.165, 1.54) is 6.07 Å². The maximum absolute atomic E-state index is 13.9. The van der Waals surface area contributed by atoms with E-state index in [4.69, 9.17) is 15.2 Å². The molecule has 2 aromatic carbocycles. The van der Waals surface area contributed by atoms with Crippen LogP contribution in [0.3, 0.4) is 0 Å². The first-order valence-corrected chi connectivity index (χ1v) is 6.88. The van der Waals surface area contributed by atoms with Crippen LogP contribution in [0.4, 0.5) is 4.39 Å². The number of methoxy groups -OCH3 is 1. The van der Waals surface area contributed by atoms with Crippen molar-refractivity contribution in [2.45, 2.75) is 26.0 Å². The Morgan fingerprint density at radius 3 is 2.33 bits per heavy atom. The van der Waals surface area contributed by atoms with Crippen LogP contribution >= 0.6 is 0 Å². The number of hydrogen-bond donors (Lipinski definition) is 1. The zero-order valence-electron chi connectivity index (χ0n) is 12.3. The van der Waals surface area contributed by atoms with Gasteiger partial charge in [0.25, 0.3) is 0 Å². The average Bonchev–Trinajstić information content (AvgIpc) is 2.46. The lowest BCUT2D eigenvalue weighted by Crippen LogP contribution is -2.17. The van der Waals surface area contributed by atoms with E-state index in [2.05, 4.69) is 0 Å². The molecule has 2 N–H and O–H groups in total. The van der Waals surface area contributed by atoms with Crippen molar-refractivity contribution in [2.75, 3.05) is 7.11 Å². The zero-order valence-corrected chi connectivity index (χ0v) is 12.3. The molecule has 0 fully saturated rings. The molecular formula is C17H20FNO2. The molecular weight excluding hydrogens is 269 g/mol. The summed E-state index contributed by atoms with van der Waals surface area (Å²) in [6.07, 6.45) is 0.648. The van der Waals surface area contributed by atoms with Gasteiger partial charge in [0, 0.05) is 6.04 Å². The second-order valence-corrected chi connectivity index (χ2v) is 5.08. The smallest absolute Gasteiger partial charge is 0.165 e. The summed E-state index contributed by atoms with van der Waals surface area (Å²) >= 11 is 0. The van der Waals surface area contributed by atoms with Crippen molar-refractivity contribution >= 4 is 0 Å². The molecule has 0 saturated carbocycles. The molecule has 0 aliphatic heterocycles. The summed E-state index contributed by atoms with van der Waals surface area (Å²) in [5, 5.41) is 0. The van der Waals surface area contributed by atoms with Crippen molar-refractivity contribution in [1.82, 2.24) is 0 Å². The molecule has 2 rings (SSSR count). The molecule has 3 nitrogen and oxygen atoms in total. The number of hydrogen-bond acceptors (Lipinski definition) is 3. The van der Waals surface area contributed by atoms with Crippen LogP contribution in [0.15, 0.2) is 42.5 Å². The SMILES string of the molecule is COc1ccc(COc2ccc(CC(C)N)cc2F)cc1. The fourth-order valence-electron chi connectivity index (χ4n) is 2.04. The predicted molar refractivity (Wildman–Crippen MR) is 81.1 cm³/mol. The number of rotatable bonds is 6. The molecule has 4 heteroatoms. The van der Waals surface area contributed by atoms with Gasteiger partial charge in [0.15, 0.2) is 11.6 Å². The van der Waals surface area contributed by atoms with Gasteiger partial charge >= 0.3 is 0 Å². The maximum atomic E-state index is 13.9. The summed E-state index contributed by atoms with van der Waals surface area (Å²) in [6, 6.07) is 12.5. The third kappa shape index (κ3) is 4.46. The van der Waals surface area contributed by atoms with Gasteiger partial charge in [0.1, 0.15) is 12.4 Å². The van der Waals surface area contributed by atoms with Crippen LogP contribution in [0.1, 0.15) is 18.1 Å².